The molecule has 2 heterocycles. The Labute approximate surface area is 182 Å². The summed E-state index contributed by atoms with van der Waals surface area (Å²) in [5.74, 6) is -0.0333. The van der Waals surface area contributed by atoms with Crippen LogP contribution >= 0.6 is 0 Å². The largest absolute Gasteiger partial charge is 0.497 e. The minimum Gasteiger partial charge on any atom is -0.497 e. The molecule has 1 aliphatic heterocycles. The number of aromatic nitrogens is 1. The Kier molecular flexibility index (Phi) is 7.15. The lowest BCUT2D eigenvalue weighted by Gasteiger charge is -2.23. The highest BCUT2D eigenvalue weighted by Gasteiger charge is 2.35. The van der Waals surface area contributed by atoms with Crippen molar-refractivity contribution in [1.29, 1.82) is 0 Å². The summed E-state index contributed by atoms with van der Waals surface area (Å²) in [4.78, 5) is 39.2. The summed E-state index contributed by atoms with van der Waals surface area (Å²) < 4.78 is 12.5. The molecule has 1 fully saturated rings. The molecule has 1 unspecified atom stereocenters. The number of carbonyl (C=O) groups excluding carboxylic acids is 3. The van der Waals surface area contributed by atoms with Crippen LogP contribution in [0.5, 0.6) is 5.75 Å². The van der Waals surface area contributed by atoms with Crippen LogP contribution in [-0.4, -0.2) is 53.4 Å². The molecule has 1 atom stereocenters. The summed E-state index contributed by atoms with van der Waals surface area (Å²) in [6.07, 6.45) is 2.50. The molecule has 166 valence electrons. The van der Waals surface area contributed by atoms with Crippen LogP contribution < -0.4 is 4.74 Å². The van der Waals surface area contributed by atoms with Gasteiger partial charge in [-0.15, -0.1) is 0 Å². The van der Waals surface area contributed by atoms with Crippen LogP contribution in [0.2, 0.25) is 0 Å². The van der Waals surface area contributed by atoms with E-state index in [9.17, 15) is 14.4 Å². The van der Waals surface area contributed by atoms with Gasteiger partial charge in [-0.05, 0) is 63.4 Å². The number of aryl methyl sites for hydroxylation is 1. The smallest absolute Gasteiger partial charge is 0.329 e. The van der Waals surface area contributed by atoms with Crippen LogP contribution in [0.3, 0.4) is 0 Å². The van der Waals surface area contributed by atoms with Crippen molar-refractivity contribution < 1.29 is 23.9 Å². The molecule has 0 N–H and O–H groups in total. The van der Waals surface area contributed by atoms with Crippen LogP contribution in [0.1, 0.15) is 54.4 Å². The number of hydrogen-bond donors (Lipinski definition) is 0. The van der Waals surface area contributed by atoms with E-state index in [-0.39, 0.29) is 18.3 Å². The molecule has 1 amide bonds. The fraction of sp³-hybridized carbons (Fsp3) is 0.458. The van der Waals surface area contributed by atoms with Gasteiger partial charge in [0.05, 0.1) is 7.11 Å². The summed E-state index contributed by atoms with van der Waals surface area (Å²) >= 11 is 0. The van der Waals surface area contributed by atoms with Crippen LogP contribution in [0.4, 0.5) is 0 Å². The van der Waals surface area contributed by atoms with Gasteiger partial charge >= 0.3 is 5.97 Å². The first-order valence-electron chi connectivity index (χ1n) is 10.7. The third kappa shape index (κ3) is 4.81. The SMILES string of the molecule is CCCC(=O)N1CCCC1C(=O)OCC(=O)c1cc(C)n(-c2ccc(OC)cc2)c1C. The molecular weight excluding hydrogens is 396 g/mol. The fourth-order valence-corrected chi connectivity index (χ4v) is 4.15. The molecule has 0 radical (unpaired) electrons. The average molecular weight is 427 g/mol. The van der Waals surface area contributed by atoms with E-state index in [0.29, 0.717) is 24.9 Å². The number of hydrogen-bond acceptors (Lipinski definition) is 5. The van der Waals surface area contributed by atoms with Gasteiger partial charge in [-0.3, -0.25) is 9.59 Å². The first-order chi connectivity index (χ1) is 14.9. The van der Waals surface area contributed by atoms with Crippen molar-refractivity contribution in [3.63, 3.8) is 0 Å². The Bertz CT molecular complexity index is 961. The molecule has 1 aromatic heterocycles. The standard InChI is InChI=1S/C24H30N2O5/c1-5-7-23(28)25-13-6-8-21(25)24(29)31-15-22(27)20-14-16(2)26(17(20)3)18-9-11-19(30-4)12-10-18/h9-12,14,21H,5-8,13,15H2,1-4H3. The van der Waals surface area contributed by atoms with Crippen molar-refractivity contribution in [3.8, 4) is 11.4 Å². The van der Waals surface area contributed by atoms with E-state index in [2.05, 4.69) is 0 Å². The van der Waals surface area contributed by atoms with Gasteiger partial charge in [0, 0.05) is 35.6 Å². The van der Waals surface area contributed by atoms with Gasteiger partial charge in [0.1, 0.15) is 11.8 Å². The molecule has 2 aromatic rings. The fourth-order valence-electron chi connectivity index (χ4n) is 4.15. The number of ether oxygens (including phenoxy) is 2. The molecule has 0 saturated carbocycles. The number of likely N-dealkylation sites (tertiary alicyclic amines) is 1. The summed E-state index contributed by atoms with van der Waals surface area (Å²) in [6.45, 7) is 5.96. The second-order valence-electron chi connectivity index (χ2n) is 7.84. The van der Waals surface area contributed by atoms with Crippen LogP contribution in [0, 0.1) is 13.8 Å². The number of Topliss-reactive ketones (excluding diaryl/α,β-unsaturated/α-hetero) is 1. The zero-order valence-corrected chi connectivity index (χ0v) is 18.6. The Morgan fingerprint density at radius 3 is 2.48 bits per heavy atom. The van der Waals surface area contributed by atoms with Gasteiger partial charge in [0.25, 0.3) is 0 Å². The molecule has 1 saturated heterocycles. The highest BCUT2D eigenvalue weighted by atomic mass is 16.5. The van der Waals surface area contributed by atoms with Crippen molar-refractivity contribution in [1.82, 2.24) is 9.47 Å². The van der Waals surface area contributed by atoms with Gasteiger partial charge in [-0.2, -0.15) is 0 Å². The lowest BCUT2D eigenvalue weighted by molar-refractivity contribution is -0.152. The van der Waals surface area contributed by atoms with Gasteiger partial charge in [-0.1, -0.05) is 6.92 Å². The Hall–Kier alpha value is -3.09. The normalized spacial score (nSPS) is 15.7. The number of esters is 1. The van der Waals surface area contributed by atoms with Crippen molar-refractivity contribution in [2.45, 2.75) is 52.5 Å². The molecule has 0 bridgehead atoms. The third-order valence-electron chi connectivity index (χ3n) is 5.72. The number of rotatable bonds is 8. The third-order valence-corrected chi connectivity index (χ3v) is 5.72. The maximum atomic E-state index is 12.8. The van der Waals surface area contributed by atoms with Crippen LogP contribution in [-0.2, 0) is 14.3 Å². The van der Waals surface area contributed by atoms with E-state index in [1.54, 1.807) is 12.0 Å². The van der Waals surface area contributed by atoms with E-state index < -0.39 is 12.0 Å². The zero-order chi connectivity index (χ0) is 22.5. The molecule has 1 aromatic carbocycles. The highest BCUT2D eigenvalue weighted by molar-refractivity contribution is 5.99. The number of carbonyl (C=O) groups is 3. The number of benzene rings is 1. The van der Waals surface area contributed by atoms with E-state index in [0.717, 1.165) is 35.7 Å². The number of nitrogens with zero attached hydrogens (tertiary/aromatic N) is 2. The van der Waals surface area contributed by atoms with Gasteiger partial charge in [-0.25, -0.2) is 4.79 Å². The van der Waals surface area contributed by atoms with Gasteiger partial charge in [0.2, 0.25) is 11.7 Å². The Balaban J connectivity index is 1.68. The minimum absolute atomic E-state index is 0.0312. The first kappa shape index (κ1) is 22.6. The summed E-state index contributed by atoms with van der Waals surface area (Å²) in [7, 11) is 1.61. The molecule has 7 nitrogen and oxygen atoms in total. The molecule has 0 spiro atoms. The average Bonchev–Trinajstić information content (AvgIpc) is 3.37. The topological polar surface area (TPSA) is 77.8 Å². The van der Waals surface area contributed by atoms with E-state index in [1.165, 1.54) is 0 Å². The second-order valence-corrected chi connectivity index (χ2v) is 7.84. The van der Waals surface area contributed by atoms with E-state index >= 15 is 0 Å². The lowest BCUT2D eigenvalue weighted by atomic mass is 10.1. The molecule has 1 aliphatic rings. The first-order valence-corrected chi connectivity index (χ1v) is 10.7. The number of amides is 1. The number of methoxy groups -OCH3 is 1. The lowest BCUT2D eigenvalue weighted by Crippen LogP contribution is -2.41. The maximum absolute atomic E-state index is 12.8. The molecule has 0 aliphatic carbocycles. The van der Waals surface area contributed by atoms with Crippen LogP contribution in [0.25, 0.3) is 5.69 Å². The summed E-state index contributed by atoms with van der Waals surface area (Å²) in [5, 5.41) is 0. The molecule has 31 heavy (non-hydrogen) atoms. The monoisotopic (exact) mass is 426 g/mol. The molecule has 7 heteroatoms. The molecular formula is C24H30N2O5. The summed E-state index contributed by atoms with van der Waals surface area (Å²) in [5.41, 5.74) is 3.13. The quantitative estimate of drug-likeness (QED) is 0.476. The van der Waals surface area contributed by atoms with Crippen molar-refractivity contribution in [2.75, 3.05) is 20.3 Å². The Morgan fingerprint density at radius 2 is 1.84 bits per heavy atom. The van der Waals surface area contributed by atoms with Crippen LogP contribution in [0.15, 0.2) is 30.3 Å². The van der Waals surface area contributed by atoms with Gasteiger partial charge < -0.3 is 18.9 Å². The summed E-state index contributed by atoms with van der Waals surface area (Å²) in [6, 6.07) is 8.81. The predicted octanol–water partition coefficient (Wildman–Crippen LogP) is 3.62. The van der Waals surface area contributed by atoms with E-state index in [1.807, 2.05) is 55.7 Å². The molecule has 3 rings (SSSR count). The maximum Gasteiger partial charge on any atom is 0.329 e. The minimum atomic E-state index is -0.585. The second kappa shape index (κ2) is 9.81. The van der Waals surface area contributed by atoms with E-state index in [4.69, 9.17) is 9.47 Å². The Morgan fingerprint density at radius 1 is 1.13 bits per heavy atom. The zero-order valence-electron chi connectivity index (χ0n) is 18.6. The van der Waals surface area contributed by atoms with Gasteiger partial charge in [0.15, 0.2) is 6.61 Å². The van der Waals surface area contributed by atoms with Crippen molar-refractivity contribution in [2.24, 2.45) is 0 Å². The van der Waals surface area contributed by atoms with Crippen molar-refractivity contribution >= 4 is 17.7 Å². The highest BCUT2D eigenvalue weighted by Crippen LogP contribution is 2.24. The predicted molar refractivity (Wildman–Crippen MR) is 117 cm³/mol. The number of ketones is 1. The van der Waals surface area contributed by atoms with Crippen molar-refractivity contribution in [3.05, 3.63) is 47.3 Å².